The number of anilines is 1. The molecule has 0 radical (unpaired) electrons. The van der Waals surface area contributed by atoms with E-state index in [1.807, 2.05) is 18.2 Å². The van der Waals surface area contributed by atoms with Gasteiger partial charge >= 0.3 is 5.97 Å². The average molecular weight is 375 g/mol. The summed E-state index contributed by atoms with van der Waals surface area (Å²) in [7, 11) is 3.04. The molecule has 0 aromatic heterocycles. The van der Waals surface area contributed by atoms with Crippen LogP contribution in [0.25, 0.3) is 0 Å². The van der Waals surface area contributed by atoms with Gasteiger partial charge in [-0.1, -0.05) is 12.1 Å². The van der Waals surface area contributed by atoms with Gasteiger partial charge in [0.1, 0.15) is 11.5 Å². The fraction of sp³-hybridized carbons (Fsp3) is 0.263. The first-order valence-corrected chi connectivity index (χ1v) is 9.11. The van der Waals surface area contributed by atoms with Crippen molar-refractivity contribution >= 4 is 29.3 Å². The number of amides is 1. The molecule has 0 saturated heterocycles. The Bertz CT molecular complexity index is 778. The Morgan fingerprint density at radius 2 is 1.92 bits per heavy atom. The summed E-state index contributed by atoms with van der Waals surface area (Å²) in [5.74, 6) is 1.16. The zero-order valence-electron chi connectivity index (χ0n) is 14.7. The molecule has 26 heavy (non-hydrogen) atoms. The molecule has 0 fully saturated rings. The first-order chi connectivity index (χ1) is 12.5. The predicted molar refractivity (Wildman–Crippen MR) is 102 cm³/mol. The molecule has 2 N–H and O–H groups in total. The largest absolute Gasteiger partial charge is 0.497 e. The normalized spacial score (nSPS) is 10.2. The lowest BCUT2D eigenvalue weighted by atomic mass is 10.1. The molecule has 0 aliphatic heterocycles. The highest BCUT2D eigenvalue weighted by Gasteiger charge is 2.14. The lowest BCUT2D eigenvalue weighted by Crippen LogP contribution is -2.13. The van der Waals surface area contributed by atoms with Crippen LogP contribution < -0.4 is 14.8 Å². The Morgan fingerprint density at radius 1 is 1.12 bits per heavy atom. The molecule has 138 valence electrons. The second-order valence-corrected chi connectivity index (χ2v) is 6.52. The first kappa shape index (κ1) is 19.7. The Morgan fingerprint density at radius 3 is 2.62 bits per heavy atom. The number of rotatable bonds is 9. The van der Waals surface area contributed by atoms with Crippen LogP contribution in [-0.4, -0.2) is 37.0 Å². The van der Waals surface area contributed by atoms with Crippen LogP contribution >= 0.6 is 11.8 Å². The summed E-state index contributed by atoms with van der Waals surface area (Å²) in [4.78, 5) is 23.1. The summed E-state index contributed by atoms with van der Waals surface area (Å²) in [6.07, 6.45) is 0.136. The lowest BCUT2D eigenvalue weighted by molar-refractivity contribution is -0.136. The van der Waals surface area contributed by atoms with Crippen molar-refractivity contribution in [2.45, 2.75) is 12.2 Å². The van der Waals surface area contributed by atoms with Gasteiger partial charge in [0, 0.05) is 17.2 Å². The number of hydrogen-bond acceptors (Lipinski definition) is 5. The van der Waals surface area contributed by atoms with E-state index in [2.05, 4.69) is 5.32 Å². The summed E-state index contributed by atoms with van der Waals surface area (Å²) in [5, 5.41) is 11.5. The molecule has 0 atom stereocenters. The third kappa shape index (κ3) is 5.70. The van der Waals surface area contributed by atoms with Crippen molar-refractivity contribution in [1.29, 1.82) is 0 Å². The summed E-state index contributed by atoms with van der Waals surface area (Å²) in [6, 6.07) is 12.5. The van der Waals surface area contributed by atoms with E-state index >= 15 is 0 Å². The van der Waals surface area contributed by atoms with Crippen molar-refractivity contribution < 1.29 is 24.2 Å². The smallest absolute Gasteiger partial charge is 0.304 e. The van der Waals surface area contributed by atoms with Crippen LogP contribution in [0.5, 0.6) is 11.5 Å². The molecule has 7 heteroatoms. The van der Waals surface area contributed by atoms with Gasteiger partial charge < -0.3 is 19.9 Å². The van der Waals surface area contributed by atoms with Gasteiger partial charge in [-0.3, -0.25) is 9.59 Å². The molecule has 2 aromatic rings. The highest BCUT2D eigenvalue weighted by atomic mass is 32.2. The fourth-order valence-electron chi connectivity index (χ4n) is 2.28. The van der Waals surface area contributed by atoms with Crippen LogP contribution in [-0.2, 0) is 10.5 Å². The van der Waals surface area contributed by atoms with Crippen molar-refractivity contribution in [1.82, 2.24) is 0 Å². The number of carboxylic acids is 1. The van der Waals surface area contributed by atoms with Gasteiger partial charge in [-0.25, -0.2) is 0 Å². The minimum Gasteiger partial charge on any atom is -0.497 e. The maximum absolute atomic E-state index is 12.6. The van der Waals surface area contributed by atoms with E-state index < -0.39 is 5.97 Å². The molecule has 2 aromatic carbocycles. The Balaban J connectivity index is 2.05. The lowest BCUT2D eigenvalue weighted by Gasteiger charge is -2.11. The van der Waals surface area contributed by atoms with Crippen molar-refractivity contribution in [3.05, 3.63) is 53.6 Å². The minimum atomic E-state index is -0.800. The number of hydrogen-bond donors (Lipinski definition) is 2. The van der Waals surface area contributed by atoms with Crippen LogP contribution in [0, 0.1) is 0 Å². The molecule has 0 saturated carbocycles. The molecule has 0 bridgehead atoms. The molecule has 0 aliphatic carbocycles. The molecule has 6 nitrogen and oxygen atoms in total. The highest BCUT2D eigenvalue weighted by molar-refractivity contribution is 7.98. The van der Waals surface area contributed by atoms with Crippen LogP contribution in [0.4, 0.5) is 5.69 Å². The van der Waals surface area contributed by atoms with E-state index in [0.29, 0.717) is 34.3 Å². The Labute approximate surface area is 156 Å². The van der Waals surface area contributed by atoms with Crippen LogP contribution in [0.15, 0.2) is 42.5 Å². The number of nitrogens with one attached hydrogen (secondary N) is 1. The number of carbonyl (C=O) groups is 2. The van der Waals surface area contributed by atoms with Crippen LogP contribution in [0.1, 0.15) is 22.3 Å². The molecular weight excluding hydrogens is 354 g/mol. The van der Waals surface area contributed by atoms with E-state index in [-0.39, 0.29) is 12.3 Å². The van der Waals surface area contributed by atoms with E-state index in [0.717, 1.165) is 5.56 Å². The number of methoxy groups -OCH3 is 2. The quantitative estimate of drug-likeness (QED) is 0.651. The number of benzene rings is 2. The Kier molecular flexibility index (Phi) is 7.35. The standard InChI is InChI=1S/C19H21NO5S/c1-24-15-6-7-17(25-2)16(11-15)19(23)20-14-5-3-4-13(10-14)12-26-9-8-18(21)22/h3-7,10-11H,8-9,12H2,1-2H3,(H,20,23)(H,21,22). The van der Waals surface area contributed by atoms with Crippen molar-refractivity contribution in [3.63, 3.8) is 0 Å². The number of carboxylic acid groups (broad SMARTS) is 1. The molecule has 0 heterocycles. The summed E-state index contributed by atoms with van der Waals surface area (Å²) < 4.78 is 10.4. The van der Waals surface area contributed by atoms with Crippen molar-refractivity contribution in [3.8, 4) is 11.5 Å². The van der Waals surface area contributed by atoms with Gasteiger partial charge in [0.2, 0.25) is 0 Å². The minimum absolute atomic E-state index is 0.136. The second-order valence-electron chi connectivity index (χ2n) is 5.42. The number of ether oxygens (including phenoxy) is 2. The number of thioether (sulfide) groups is 1. The maximum atomic E-state index is 12.6. The van der Waals surface area contributed by atoms with E-state index in [1.165, 1.54) is 26.0 Å². The number of aliphatic carboxylic acids is 1. The topological polar surface area (TPSA) is 84.9 Å². The summed E-state index contributed by atoms with van der Waals surface area (Å²) in [6.45, 7) is 0. The summed E-state index contributed by atoms with van der Waals surface area (Å²) in [5.41, 5.74) is 2.06. The van der Waals surface area contributed by atoms with E-state index in [4.69, 9.17) is 14.6 Å². The predicted octanol–water partition coefficient (Wildman–Crippen LogP) is 3.66. The first-order valence-electron chi connectivity index (χ1n) is 7.95. The van der Waals surface area contributed by atoms with E-state index in [9.17, 15) is 9.59 Å². The van der Waals surface area contributed by atoms with Crippen molar-refractivity contribution in [2.75, 3.05) is 25.3 Å². The van der Waals surface area contributed by atoms with Gasteiger partial charge in [0.05, 0.1) is 26.2 Å². The Hall–Kier alpha value is -2.67. The summed E-state index contributed by atoms with van der Waals surface area (Å²) >= 11 is 1.54. The van der Waals surface area contributed by atoms with Gasteiger partial charge in [-0.15, -0.1) is 0 Å². The maximum Gasteiger partial charge on any atom is 0.304 e. The molecule has 0 aliphatic rings. The zero-order valence-corrected chi connectivity index (χ0v) is 15.5. The average Bonchev–Trinajstić information content (AvgIpc) is 2.64. The molecule has 2 rings (SSSR count). The zero-order chi connectivity index (χ0) is 18.9. The molecular formula is C19H21NO5S. The van der Waals surface area contributed by atoms with Gasteiger partial charge in [0.15, 0.2) is 0 Å². The van der Waals surface area contributed by atoms with Gasteiger partial charge in [-0.05, 0) is 35.9 Å². The van der Waals surface area contributed by atoms with Crippen LogP contribution in [0.3, 0.4) is 0 Å². The second kappa shape index (κ2) is 9.72. The SMILES string of the molecule is COc1ccc(OC)c(C(=O)Nc2cccc(CSCCC(=O)O)c2)c1. The van der Waals surface area contributed by atoms with Gasteiger partial charge in [-0.2, -0.15) is 11.8 Å². The molecule has 1 amide bonds. The molecule has 0 unspecified atom stereocenters. The number of carbonyl (C=O) groups excluding carboxylic acids is 1. The van der Waals surface area contributed by atoms with E-state index in [1.54, 1.807) is 24.3 Å². The van der Waals surface area contributed by atoms with Gasteiger partial charge in [0.25, 0.3) is 5.91 Å². The molecule has 0 spiro atoms. The van der Waals surface area contributed by atoms with Crippen LogP contribution in [0.2, 0.25) is 0 Å². The monoisotopic (exact) mass is 375 g/mol. The van der Waals surface area contributed by atoms with Crippen molar-refractivity contribution in [2.24, 2.45) is 0 Å². The third-order valence-corrected chi connectivity index (χ3v) is 4.60. The fourth-order valence-corrected chi connectivity index (χ4v) is 3.16. The highest BCUT2D eigenvalue weighted by Crippen LogP contribution is 2.25. The third-order valence-electron chi connectivity index (χ3n) is 3.57.